The van der Waals surface area contributed by atoms with Gasteiger partial charge < -0.3 is 9.47 Å². The zero-order valence-electron chi connectivity index (χ0n) is 3.09. The topological polar surface area (TPSA) is 18.5 Å². The van der Waals surface area contributed by atoms with Crippen molar-refractivity contribution in [2.24, 2.45) is 0 Å². The van der Waals surface area contributed by atoms with Gasteiger partial charge in [-0.3, -0.25) is 0 Å². The molecule has 0 amide bonds. The third-order valence-corrected chi connectivity index (χ3v) is 0.384. The first kappa shape index (κ1) is 6.03. The largest absolute Gasteiger partial charge is 6.00 e. The molecule has 2 nitrogen and oxygen atoms in total. The number of rotatable bonds is 0. The van der Waals surface area contributed by atoms with E-state index in [0.717, 1.165) is 0 Å². The molecule has 1 aliphatic heterocycles. The second-order valence-electron chi connectivity index (χ2n) is 0.723. The first-order chi connectivity index (χ1) is 2.50. The molecule has 0 saturated heterocycles. The van der Waals surface area contributed by atoms with Crippen molar-refractivity contribution >= 4 is 0 Å². The molecule has 0 N–H and O–H groups in total. The summed E-state index contributed by atoms with van der Waals surface area (Å²) in [5.41, 5.74) is 0. The molecule has 0 radical (unpaired) electrons. The summed E-state index contributed by atoms with van der Waals surface area (Å²) in [4.78, 5) is 0. The summed E-state index contributed by atoms with van der Waals surface area (Å²) < 4.78 is 9.08. The maximum atomic E-state index is 4.54. The molecule has 0 atom stereocenters. The van der Waals surface area contributed by atoms with Crippen molar-refractivity contribution in [3.8, 4) is 0 Å². The van der Waals surface area contributed by atoms with E-state index < -0.39 is 0 Å². The molecule has 3 heteroatoms. The second kappa shape index (κ2) is 3.23. The van der Waals surface area contributed by atoms with Crippen LogP contribution < -0.4 is 0 Å². The van der Waals surface area contributed by atoms with Gasteiger partial charge in [0.15, 0.2) is 0 Å². The van der Waals surface area contributed by atoms with Crippen LogP contribution in [0.3, 0.4) is 0 Å². The average Bonchev–Trinajstić information content (AvgIpc) is 1.76. The van der Waals surface area contributed by atoms with Crippen LogP contribution in [0.25, 0.3) is 0 Å². The molecular formula is C3H4MoO2+6. The fourth-order valence-corrected chi connectivity index (χ4v) is 0.196. The Morgan fingerprint density at radius 3 is 1.83 bits per heavy atom. The number of ether oxygens (including phenoxy) is 2. The summed E-state index contributed by atoms with van der Waals surface area (Å²) in [6.45, 7) is 0.389. The normalized spacial score (nSPS) is 14.7. The Morgan fingerprint density at radius 2 is 1.67 bits per heavy atom. The van der Waals surface area contributed by atoms with Crippen molar-refractivity contribution in [1.29, 1.82) is 0 Å². The van der Waals surface area contributed by atoms with E-state index in [9.17, 15) is 0 Å². The van der Waals surface area contributed by atoms with Crippen LogP contribution in [-0.4, -0.2) is 6.79 Å². The van der Waals surface area contributed by atoms with Gasteiger partial charge in [0.1, 0.15) is 12.5 Å². The minimum atomic E-state index is 0. The first-order valence-electron chi connectivity index (χ1n) is 1.38. The van der Waals surface area contributed by atoms with Crippen molar-refractivity contribution in [3.63, 3.8) is 0 Å². The molecule has 0 aromatic carbocycles. The van der Waals surface area contributed by atoms with Crippen molar-refractivity contribution in [2.75, 3.05) is 6.79 Å². The van der Waals surface area contributed by atoms with E-state index in [1.807, 2.05) is 0 Å². The van der Waals surface area contributed by atoms with Gasteiger partial charge in [0.2, 0.25) is 6.79 Å². The Labute approximate surface area is 50.4 Å². The fraction of sp³-hybridized carbons (Fsp3) is 0.333. The van der Waals surface area contributed by atoms with Gasteiger partial charge in [-0.05, 0) is 0 Å². The van der Waals surface area contributed by atoms with Crippen LogP contribution >= 0.6 is 0 Å². The van der Waals surface area contributed by atoms with Crippen molar-refractivity contribution in [1.82, 2.24) is 0 Å². The summed E-state index contributed by atoms with van der Waals surface area (Å²) in [6.07, 6.45) is 3.03. The molecule has 0 aromatic rings. The minimum Gasteiger partial charge on any atom is -0.462 e. The van der Waals surface area contributed by atoms with Gasteiger partial charge in [-0.15, -0.1) is 0 Å². The SMILES string of the molecule is C1=COCO1.[Mo+6]. The maximum Gasteiger partial charge on any atom is 6.00 e. The minimum absolute atomic E-state index is 0. The van der Waals surface area contributed by atoms with E-state index in [4.69, 9.17) is 0 Å². The second-order valence-corrected chi connectivity index (χ2v) is 0.723. The van der Waals surface area contributed by atoms with Gasteiger partial charge in [0.05, 0.1) is 0 Å². The molecule has 1 rings (SSSR count). The smallest absolute Gasteiger partial charge is 0.462 e. The Bertz CT molecular complexity index is 46.8. The van der Waals surface area contributed by atoms with Crippen LogP contribution in [0.1, 0.15) is 0 Å². The average molecular weight is 168 g/mol. The Hall–Kier alpha value is 0.0283. The van der Waals surface area contributed by atoms with Gasteiger partial charge >= 0.3 is 21.1 Å². The monoisotopic (exact) mass is 170 g/mol. The zero-order chi connectivity index (χ0) is 3.54. The number of hydrogen-bond acceptors (Lipinski definition) is 2. The Kier molecular flexibility index (Phi) is 3.24. The molecule has 0 unspecified atom stereocenters. The Balaban J connectivity index is 0.000000250. The summed E-state index contributed by atoms with van der Waals surface area (Å²) in [5.74, 6) is 0. The molecule has 0 saturated carbocycles. The molecule has 0 spiro atoms. The van der Waals surface area contributed by atoms with Gasteiger partial charge in [-0.2, -0.15) is 0 Å². The van der Waals surface area contributed by atoms with Crippen LogP contribution in [-0.2, 0) is 30.5 Å². The van der Waals surface area contributed by atoms with Gasteiger partial charge in [0, 0.05) is 0 Å². The van der Waals surface area contributed by atoms with E-state index in [1.165, 1.54) is 12.5 Å². The molecule has 1 heterocycles. The van der Waals surface area contributed by atoms with E-state index in [1.54, 1.807) is 0 Å². The maximum absolute atomic E-state index is 4.54. The Morgan fingerprint density at radius 1 is 1.17 bits per heavy atom. The summed E-state index contributed by atoms with van der Waals surface area (Å²) >= 11 is 0. The van der Waals surface area contributed by atoms with Crippen LogP contribution in [0, 0.1) is 0 Å². The predicted molar refractivity (Wildman–Crippen MR) is 16.2 cm³/mol. The molecule has 0 aromatic heterocycles. The van der Waals surface area contributed by atoms with Crippen molar-refractivity contribution in [3.05, 3.63) is 12.5 Å². The number of hydrogen-bond donors (Lipinski definition) is 0. The third-order valence-electron chi connectivity index (χ3n) is 0.384. The third kappa shape index (κ3) is 1.46. The molecule has 28 valence electrons. The predicted octanol–water partition coefficient (Wildman–Crippen LogP) is 0.459. The van der Waals surface area contributed by atoms with E-state index >= 15 is 0 Å². The summed E-state index contributed by atoms with van der Waals surface area (Å²) in [7, 11) is 0. The summed E-state index contributed by atoms with van der Waals surface area (Å²) in [5, 5.41) is 0. The van der Waals surface area contributed by atoms with E-state index in [-0.39, 0.29) is 21.1 Å². The molecule has 1 aliphatic rings. The van der Waals surface area contributed by atoms with Crippen LogP contribution in [0.4, 0.5) is 0 Å². The fourth-order valence-electron chi connectivity index (χ4n) is 0.196. The first-order valence-corrected chi connectivity index (χ1v) is 1.38. The quantitative estimate of drug-likeness (QED) is 0.489. The molecule has 6 heavy (non-hydrogen) atoms. The van der Waals surface area contributed by atoms with Crippen molar-refractivity contribution in [2.45, 2.75) is 0 Å². The van der Waals surface area contributed by atoms with E-state index in [0.29, 0.717) is 6.79 Å². The molecule has 0 bridgehead atoms. The zero-order valence-corrected chi connectivity index (χ0v) is 5.09. The summed E-state index contributed by atoms with van der Waals surface area (Å²) in [6, 6.07) is 0. The van der Waals surface area contributed by atoms with Crippen molar-refractivity contribution < 1.29 is 30.5 Å². The van der Waals surface area contributed by atoms with E-state index in [2.05, 4.69) is 9.47 Å². The molecule has 0 fully saturated rings. The molecular weight excluding hydrogens is 164 g/mol. The van der Waals surface area contributed by atoms with Gasteiger partial charge in [0.25, 0.3) is 0 Å². The van der Waals surface area contributed by atoms with Gasteiger partial charge in [-0.25, -0.2) is 0 Å². The standard InChI is InChI=1S/C3H4O2.Mo/c1-2-5-3-4-1;/h1-2H,3H2;/q;+6. The van der Waals surface area contributed by atoms with Gasteiger partial charge in [-0.1, -0.05) is 0 Å². The van der Waals surface area contributed by atoms with Crippen LogP contribution in [0.2, 0.25) is 0 Å². The molecule has 0 aliphatic carbocycles. The van der Waals surface area contributed by atoms with Crippen LogP contribution in [0.15, 0.2) is 12.5 Å². The van der Waals surface area contributed by atoms with Crippen LogP contribution in [0.5, 0.6) is 0 Å².